The van der Waals surface area contributed by atoms with Gasteiger partial charge in [0.25, 0.3) is 0 Å². The largest absolute Gasteiger partial charge is 0.388 e. The molecule has 0 bridgehead atoms. The van der Waals surface area contributed by atoms with Gasteiger partial charge in [-0.2, -0.15) is 0 Å². The molecule has 1 heterocycles. The summed E-state index contributed by atoms with van der Waals surface area (Å²) >= 11 is 0. The first-order valence-electron chi connectivity index (χ1n) is 7.58. The second-order valence-corrected chi connectivity index (χ2v) is 6.18. The van der Waals surface area contributed by atoms with Crippen molar-refractivity contribution in [3.8, 4) is 0 Å². The van der Waals surface area contributed by atoms with Crippen LogP contribution in [0.3, 0.4) is 0 Å². The minimum absolute atomic E-state index is 0.234. The van der Waals surface area contributed by atoms with Crippen molar-refractivity contribution in [1.82, 2.24) is 9.47 Å². The van der Waals surface area contributed by atoms with E-state index in [-0.39, 0.29) is 6.10 Å². The molecule has 1 atom stereocenters. The molecule has 3 nitrogen and oxygen atoms in total. The minimum Gasteiger partial charge on any atom is -0.388 e. The maximum absolute atomic E-state index is 10.1. The minimum atomic E-state index is -0.234. The summed E-state index contributed by atoms with van der Waals surface area (Å²) in [4.78, 5) is 2.39. The summed E-state index contributed by atoms with van der Waals surface area (Å²) in [5, 5.41) is 10.1. The summed E-state index contributed by atoms with van der Waals surface area (Å²) in [5.74, 6) is 0. The van der Waals surface area contributed by atoms with Crippen LogP contribution in [0, 0.1) is 6.92 Å². The van der Waals surface area contributed by atoms with E-state index in [0.717, 1.165) is 32.4 Å². The Morgan fingerprint density at radius 1 is 1.47 bits per heavy atom. The fraction of sp³-hybridized carbons (Fsp3) is 0.750. The third-order valence-corrected chi connectivity index (χ3v) is 4.47. The number of fused-ring (bicyclic) bond motifs is 1. The zero-order valence-electron chi connectivity index (χ0n) is 12.8. The molecule has 19 heavy (non-hydrogen) atoms. The van der Waals surface area contributed by atoms with Crippen LogP contribution in [0.4, 0.5) is 0 Å². The lowest BCUT2D eigenvalue weighted by molar-refractivity contribution is 0.155. The van der Waals surface area contributed by atoms with Gasteiger partial charge in [0.05, 0.1) is 6.10 Å². The summed E-state index contributed by atoms with van der Waals surface area (Å²) in [6.45, 7) is 8.84. The van der Waals surface area contributed by atoms with Crippen LogP contribution in [-0.2, 0) is 13.0 Å². The van der Waals surface area contributed by atoms with E-state index >= 15 is 0 Å². The molecule has 0 saturated heterocycles. The predicted octanol–water partition coefficient (Wildman–Crippen LogP) is 2.90. The van der Waals surface area contributed by atoms with Crippen LogP contribution in [0.1, 0.15) is 56.2 Å². The van der Waals surface area contributed by atoms with E-state index in [1.54, 1.807) is 0 Å². The molecule has 0 spiro atoms. The van der Waals surface area contributed by atoms with E-state index in [0.29, 0.717) is 6.04 Å². The lowest BCUT2D eigenvalue weighted by Crippen LogP contribution is -2.28. The van der Waals surface area contributed by atoms with E-state index in [2.05, 4.69) is 43.4 Å². The maximum Gasteiger partial charge on any atom is 0.0807 e. The van der Waals surface area contributed by atoms with Crippen molar-refractivity contribution < 1.29 is 5.11 Å². The lowest BCUT2D eigenvalue weighted by atomic mass is 9.95. The van der Waals surface area contributed by atoms with Gasteiger partial charge in [0.15, 0.2) is 0 Å². The maximum atomic E-state index is 10.1. The van der Waals surface area contributed by atoms with Crippen molar-refractivity contribution in [3.05, 3.63) is 23.0 Å². The molecule has 0 amide bonds. The topological polar surface area (TPSA) is 28.4 Å². The highest BCUT2D eigenvalue weighted by molar-refractivity contribution is 5.31. The van der Waals surface area contributed by atoms with Gasteiger partial charge in [-0.05, 0) is 66.1 Å². The molecule has 1 aromatic rings. The number of aromatic nitrogens is 1. The van der Waals surface area contributed by atoms with Gasteiger partial charge in [-0.25, -0.2) is 0 Å². The molecule has 108 valence electrons. The molecule has 0 fully saturated rings. The number of rotatable bonds is 5. The molecular formula is C16H28N2O. The lowest BCUT2D eigenvalue weighted by Gasteiger charge is -2.23. The summed E-state index contributed by atoms with van der Waals surface area (Å²) in [6.07, 6.45) is 4.10. The molecule has 0 radical (unpaired) electrons. The SMILES string of the molecule is Cc1cc2c(n1CCCN(C)C(C)C)CCCC2O. The predicted molar refractivity (Wildman–Crippen MR) is 79.4 cm³/mol. The van der Waals surface area contributed by atoms with Crippen molar-refractivity contribution >= 4 is 0 Å². The zero-order chi connectivity index (χ0) is 14.0. The quantitative estimate of drug-likeness (QED) is 0.886. The Kier molecular flexibility index (Phi) is 4.69. The van der Waals surface area contributed by atoms with Gasteiger partial charge in [-0.15, -0.1) is 0 Å². The summed E-state index contributed by atoms with van der Waals surface area (Å²) in [5.41, 5.74) is 3.86. The Morgan fingerprint density at radius 2 is 2.21 bits per heavy atom. The number of aryl methyl sites for hydroxylation is 1. The molecule has 1 unspecified atom stereocenters. The number of hydrogen-bond acceptors (Lipinski definition) is 2. The Bertz CT molecular complexity index is 423. The van der Waals surface area contributed by atoms with Crippen LogP contribution in [0.5, 0.6) is 0 Å². The van der Waals surface area contributed by atoms with Crippen LogP contribution in [0.2, 0.25) is 0 Å². The average Bonchev–Trinajstić information content (AvgIpc) is 2.68. The first-order valence-corrected chi connectivity index (χ1v) is 7.58. The number of aliphatic hydroxyl groups excluding tert-OH is 1. The van der Waals surface area contributed by atoms with Crippen LogP contribution < -0.4 is 0 Å². The van der Waals surface area contributed by atoms with Crippen LogP contribution in [0.25, 0.3) is 0 Å². The van der Waals surface area contributed by atoms with Gasteiger partial charge in [-0.3, -0.25) is 0 Å². The highest BCUT2D eigenvalue weighted by Crippen LogP contribution is 2.32. The Labute approximate surface area is 117 Å². The number of aliphatic hydroxyl groups is 1. The van der Waals surface area contributed by atoms with Crippen molar-refractivity contribution in [2.75, 3.05) is 13.6 Å². The smallest absolute Gasteiger partial charge is 0.0807 e. The molecule has 3 heteroatoms. The molecule has 1 aromatic heterocycles. The second-order valence-electron chi connectivity index (χ2n) is 6.18. The fourth-order valence-electron chi connectivity index (χ4n) is 2.99. The highest BCUT2D eigenvalue weighted by atomic mass is 16.3. The molecule has 2 rings (SSSR count). The van der Waals surface area contributed by atoms with Gasteiger partial charge in [0, 0.05) is 29.5 Å². The van der Waals surface area contributed by atoms with E-state index in [1.807, 2.05) is 0 Å². The molecule has 0 aromatic carbocycles. The normalized spacial score (nSPS) is 19.2. The number of nitrogens with zero attached hydrogens (tertiary/aromatic N) is 2. The van der Waals surface area contributed by atoms with Crippen molar-refractivity contribution in [2.24, 2.45) is 0 Å². The van der Waals surface area contributed by atoms with E-state index in [9.17, 15) is 5.11 Å². The molecule has 1 aliphatic carbocycles. The van der Waals surface area contributed by atoms with Crippen molar-refractivity contribution in [1.29, 1.82) is 0 Å². The Morgan fingerprint density at radius 3 is 2.89 bits per heavy atom. The summed E-state index contributed by atoms with van der Waals surface area (Å²) in [7, 11) is 2.19. The standard InChI is InChI=1S/C16H28N2O/c1-12(2)17(4)9-6-10-18-13(3)11-14-15(18)7-5-8-16(14)19/h11-12,16,19H,5-10H2,1-4H3. The third-order valence-electron chi connectivity index (χ3n) is 4.47. The number of hydrogen-bond donors (Lipinski definition) is 1. The first-order chi connectivity index (χ1) is 9.00. The highest BCUT2D eigenvalue weighted by Gasteiger charge is 2.22. The van der Waals surface area contributed by atoms with E-state index in [1.165, 1.54) is 23.4 Å². The third kappa shape index (κ3) is 3.21. The fourth-order valence-corrected chi connectivity index (χ4v) is 2.99. The second kappa shape index (κ2) is 6.10. The molecule has 1 aliphatic rings. The van der Waals surface area contributed by atoms with Crippen molar-refractivity contribution in [3.63, 3.8) is 0 Å². The van der Waals surface area contributed by atoms with E-state index in [4.69, 9.17) is 0 Å². The Balaban J connectivity index is 2.01. The van der Waals surface area contributed by atoms with E-state index < -0.39 is 0 Å². The summed E-state index contributed by atoms with van der Waals surface area (Å²) < 4.78 is 2.42. The van der Waals surface area contributed by atoms with Gasteiger partial charge in [0.2, 0.25) is 0 Å². The first kappa shape index (κ1) is 14.6. The van der Waals surface area contributed by atoms with Gasteiger partial charge >= 0.3 is 0 Å². The monoisotopic (exact) mass is 264 g/mol. The van der Waals surface area contributed by atoms with Gasteiger partial charge in [-0.1, -0.05) is 0 Å². The molecule has 1 N–H and O–H groups in total. The average molecular weight is 264 g/mol. The van der Waals surface area contributed by atoms with Gasteiger partial charge < -0.3 is 14.6 Å². The zero-order valence-corrected chi connectivity index (χ0v) is 12.8. The summed E-state index contributed by atoms with van der Waals surface area (Å²) in [6, 6.07) is 2.80. The van der Waals surface area contributed by atoms with Gasteiger partial charge in [0.1, 0.15) is 0 Å². The van der Waals surface area contributed by atoms with Crippen LogP contribution in [-0.4, -0.2) is 34.2 Å². The molecule has 0 saturated carbocycles. The van der Waals surface area contributed by atoms with Crippen LogP contribution in [0.15, 0.2) is 6.07 Å². The van der Waals surface area contributed by atoms with Crippen LogP contribution >= 0.6 is 0 Å². The Hall–Kier alpha value is -0.800. The molecule has 0 aliphatic heterocycles. The molecular weight excluding hydrogens is 236 g/mol. The van der Waals surface area contributed by atoms with Crippen molar-refractivity contribution in [2.45, 2.75) is 65.1 Å².